The fraction of sp³-hybridized carbons (Fsp3) is 0.458. The molecule has 0 bridgehead atoms. The molecule has 1 aliphatic heterocycles. The number of para-hydroxylation sites is 1. The fourth-order valence-corrected chi connectivity index (χ4v) is 4.28. The molecule has 0 spiro atoms. The minimum absolute atomic E-state index is 0.634. The van der Waals surface area contributed by atoms with E-state index < -0.39 is 0 Å². The van der Waals surface area contributed by atoms with Gasteiger partial charge in [0.25, 0.3) is 0 Å². The average Bonchev–Trinajstić information content (AvgIpc) is 3.39. The van der Waals surface area contributed by atoms with Gasteiger partial charge in [-0.25, -0.2) is 9.98 Å². The molecule has 1 atom stereocenters. The van der Waals surface area contributed by atoms with E-state index in [0.717, 1.165) is 43.3 Å². The van der Waals surface area contributed by atoms with Gasteiger partial charge in [0.15, 0.2) is 5.96 Å². The Bertz CT molecular complexity index is 1050. The summed E-state index contributed by atoms with van der Waals surface area (Å²) in [6.45, 7) is 5.70. The largest absolute Gasteiger partial charge is 0.363 e. The van der Waals surface area contributed by atoms with E-state index in [1.54, 1.807) is 0 Å². The zero-order valence-electron chi connectivity index (χ0n) is 19.0. The number of pyridine rings is 1. The summed E-state index contributed by atoms with van der Waals surface area (Å²) in [5.74, 6) is 2.60. The molecule has 3 heterocycles. The average molecular weight is 420 g/mol. The van der Waals surface area contributed by atoms with Crippen molar-refractivity contribution < 1.29 is 0 Å². The van der Waals surface area contributed by atoms with Gasteiger partial charge in [0.1, 0.15) is 5.82 Å². The Labute approximate surface area is 184 Å². The summed E-state index contributed by atoms with van der Waals surface area (Å²) in [5.41, 5.74) is 3.54. The SMILES string of the molecule is CCNC(=NCc1cc(N(C)C)nc2ccccc12)N1CCC(Cc2cnn(C)c2)C1. The number of fused-ring (bicyclic) bond motifs is 1. The van der Waals surface area contributed by atoms with Crippen molar-refractivity contribution in [1.82, 2.24) is 25.0 Å². The first kappa shape index (κ1) is 21.2. The van der Waals surface area contributed by atoms with Crippen molar-refractivity contribution in [3.05, 3.63) is 53.9 Å². The van der Waals surface area contributed by atoms with Crippen LogP contribution in [0.1, 0.15) is 24.5 Å². The van der Waals surface area contributed by atoms with E-state index in [0.29, 0.717) is 12.5 Å². The third kappa shape index (κ3) is 4.98. The Morgan fingerprint density at radius 3 is 2.87 bits per heavy atom. The van der Waals surface area contributed by atoms with Crippen LogP contribution < -0.4 is 10.2 Å². The number of hydrogen-bond acceptors (Lipinski definition) is 4. The molecule has 1 N–H and O–H groups in total. The van der Waals surface area contributed by atoms with Crippen LogP contribution in [0.2, 0.25) is 0 Å². The van der Waals surface area contributed by atoms with Crippen LogP contribution in [-0.4, -0.2) is 59.4 Å². The van der Waals surface area contributed by atoms with E-state index in [4.69, 9.17) is 9.98 Å². The summed E-state index contributed by atoms with van der Waals surface area (Å²) in [4.78, 5) is 14.3. The molecule has 1 saturated heterocycles. The molecule has 1 aromatic carbocycles. The monoisotopic (exact) mass is 419 g/mol. The van der Waals surface area contributed by atoms with Gasteiger partial charge >= 0.3 is 0 Å². The smallest absolute Gasteiger partial charge is 0.194 e. The van der Waals surface area contributed by atoms with Gasteiger partial charge in [-0.2, -0.15) is 5.10 Å². The zero-order valence-corrected chi connectivity index (χ0v) is 19.0. The molecule has 4 rings (SSSR count). The Morgan fingerprint density at radius 2 is 2.13 bits per heavy atom. The molecule has 31 heavy (non-hydrogen) atoms. The van der Waals surface area contributed by atoms with Gasteiger partial charge in [-0.15, -0.1) is 0 Å². The van der Waals surface area contributed by atoms with Crippen molar-refractivity contribution in [3.63, 3.8) is 0 Å². The van der Waals surface area contributed by atoms with Crippen LogP contribution in [0.3, 0.4) is 0 Å². The molecule has 0 saturated carbocycles. The van der Waals surface area contributed by atoms with Crippen molar-refractivity contribution >= 4 is 22.7 Å². The Balaban J connectivity index is 1.52. The lowest BCUT2D eigenvalue weighted by Gasteiger charge is -2.22. The Hall–Kier alpha value is -3.09. The lowest BCUT2D eigenvalue weighted by Crippen LogP contribution is -2.40. The van der Waals surface area contributed by atoms with Crippen molar-refractivity contribution in [2.45, 2.75) is 26.3 Å². The highest BCUT2D eigenvalue weighted by molar-refractivity contribution is 5.85. The fourth-order valence-electron chi connectivity index (χ4n) is 4.28. The van der Waals surface area contributed by atoms with E-state index in [2.05, 4.69) is 52.7 Å². The van der Waals surface area contributed by atoms with E-state index in [-0.39, 0.29) is 0 Å². The summed E-state index contributed by atoms with van der Waals surface area (Å²) in [7, 11) is 6.03. The summed E-state index contributed by atoms with van der Waals surface area (Å²) in [5, 5.41) is 8.98. The van der Waals surface area contributed by atoms with Gasteiger partial charge < -0.3 is 15.1 Å². The standard InChI is InChI=1S/C24H33N7/c1-5-25-24(31-11-10-18(17-31)12-19-14-27-30(4)16-19)26-15-20-13-23(29(2)3)28-22-9-7-6-8-21(20)22/h6-9,13-14,16,18H,5,10-12,15,17H2,1-4H3,(H,25,26). The molecular weight excluding hydrogens is 386 g/mol. The topological polar surface area (TPSA) is 61.6 Å². The third-order valence-electron chi connectivity index (χ3n) is 5.85. The number of aromatic nitrogens is 3. The number of anilines is 1. The summed E-state index contributed by atoms with van der Waals surface area (Å²) in [6, 6.07) is 10.5. The summed E-state index contributed by atoms with van der Waals surface area (Å²) >= 11 is 0. The predicted molar refractivity (Wildman–Crippen MR) is 127 cm³/mol. The number of nitrogens with zero attached hydrogens (tertiary/aromatic N) is 6. The number of guanidine groups is 1. The summed E-state index contributed by atoms with van der Waals surface area (Å²) < 4.78 is 1.88. The maximum atomic E-state index is 5.03. The highest BCUT2D eigenvalue weighted by Crippen LogP contribution is 2.24. The van der Waals surface area contributed by atoms with Crippen LogP contribution in [0.15, 0.2) is 47.7 Å². The molecule has 7 heteroatoms. The Kier molecular flexibility index (Phi) is 6.39. The lowest BCUT2D eigenvalue weighted by molar-refractivity contribution is 0.460. The maximum Gasteiger partial charge on any atom is 0.194 e. The minimum atomic E-state index is 0.634. The van der Waals surface area contributed by atoms with Crippen LogP contribution in [-0.2, 0) is 20.0 Å². The summed E-state index contributed by atoms with van der Waals surface area (Å²) in [6.07, 6.45) is 6.37. The molecule has 2 aromatic heterocycles. The van der Waals surface area contributed by atoms with Gasteiger partial charge in [0.05, 0.1) is 18.3 Å². The Morgan fingerprint density at radius 1 is 1.29 bits per heavy atom. The van der Waals surface area contributed by atoms with E-state index in [9.17, 15) is 0 Å². The first-order valence-corrected chi connectivity index (χ1v) is 11.1. The molecule has 0 aliphatic carbocycles. The van der Waals surface area contributed by atoms with Crippen molar-refractivity contribution in [1.29, 1.82) is 0 Å². The van der Waals surface area contributed by atoms with Gasteiger partial charge in [-0.05, 0) is 48.9 Å². The number of likely N-dealkylation sites (tertiary alicyclic amines) is 1. The molecule has 3 aromatic rings. The number of rotatable bonds is 6. The number of aryl methyl sites for hydroxylation is 1. The third-order valence-corrected chi connectivity index (χ3v) is 5.85. The highest BCUT2D eigenvalue weighted by atomic mass is 15.3. The number of benzene rings is 1. The normalized spacial score (nSPS) is 16.8. The molecule has 1 aliphatic rings. The molecule has 0 radical (unpaired) electrons. The van der Waals surface area contributed by atoms with Gasteiger partial charge in [-0.1, -0.05) is 18.2 Å². The second-order valence-electron chi connectivity index (χ2n) is 8.55. The van der Waals surface area contributed by atoms with Gasteiger partial charge in [0, 0.05) is 52.4 Å². The van der Waals surface area contributed by atoms with Crippen LogP contribution >= 0.6 is 0 Å². The second kappa shape index (κ2) is 9.37. The quantitative estimate of drug-likeness (QED) is 0.492. The van der Waals surface area contributed by atoms with Gasteiger partial charge in [0.2, 0.25) is 0 Å². The number of aliphatic imine (C=N–C) groups is 1. The lowest BCUT2D eigenvalue weighted by atomic mass is 10.0. The molecule has 7 nitrogen and oxygen atoms in total. The first-order chi connectivity index (χ1) is 15.0. The molecule has 1 fully saturated rings. The molecule has 164 valence electrons. The number of hydrogen-bond donors (Lipinski definition) is 1. The van der Waals surface area contributed by atoms with E-state index in [1.807, 2.05) is 43.0 Å². The van der Waals surface area contributed by atoms with E-state index in [1.165, 1.54) is 22.9 Å². The van der Waals surface area contributed by atoms with Crippen molar-refractivity contribution in [2.24, 2.45) is 18.0 Å². The predicted octanol–water partition coefficient (Wildman–Crippen LogP) is 3.06. The molecular formula is C24H33N7. The van der Waals surface area contributed by atoms with Gasteiger partial charge in [-0.3, -0.25) is 4.68 Å². The van der Waals surface area contributed by atoms with Crippen LogP contribution in [0, 0.1) is 5.92 Å². The van der Waals surface area contributed by atoms with Crippen molar-refractivity contribution in [3.8, 4) is 0 Å². The highest BCUT2D eigenvalue weighted by Gasteiger charge is 2.25. The minimum Gasteiger partial charge on any atom is -0.363 e. The van der Waals surface area contributed by atoms with E-state index >= 15 is 0 Å². The van der Waals surface area contributed by atoms with Crippen LogP contribution in [0.5, 0.6) is 0 Å². The number of nitrogens with one attached hydrogen (secondary N) is 1. The zero-order chi connectivity index (χ0) is 21.8. The van der Waals surface area contributed by atoms with Crippen LogP contribution in [0.4, 0.5) is 5.82 Å². The first-order valence-electron chi connectivity index (χ1n) is 11.1. The second-order valence-corrected chi connectivity index (χ2v) is 8.55. The molecule has 0 amide bonds. The maximum absolute atomic E-state index is 5.03. The molecule has 1 unspecified atom stereocenters. The van der Waals surface area contributed by atoms with Crippen molar-refractivity contribution in [2.75, 3.05) is 38.6 Å². The van der Waals surface area contributed by atoms with Crippen LogP contribution in [0.25, 0.3) is 10.9 Å².